The average Bonchev–Trinajstić information content (AvgIpc) is 2.41. The van der Waals surface area contributed by atoms with Gasteiger partial charge in [-0.3, -0.25) is 4.79 Å². The number of halogens is 1. The summed E-state index contributed by atoms with van der Waals surface area (Å²) in [6.07, 6.45) is 2.53. The Morgan fingerprint density at radius 2 is 2.05 bits per heavy atom. The van der Waals surface area contributed by atoms with Crippen molar-refractivity contribution in [1.29, 1.82) is 0 Å². The molecule has 0 spiro atoms. The predicted octanol–water partition coefficient (Wildman–Crippen LogP) is 4.05. The minimum absolute atomic E-state index is 0.0262. The van der Waals surface area contributed by atoms with Gasteiger partial charge in [0.05, 0.1) is 5.69 Å². The fraction of sp³-hybridized carbons (Fsp3) is 0.588. The van der Waals surface area contributed by atoms with Gasteiger partial charge in [0.15, 0.2) is 0 Å². The second-order valence-corrected chi connectivity index (χ2v) is 6.52. The van der Waals surface area contributed by atoms with E-state index in [1.165, 1.54) is 6.07 Å². The van der Waals surface area contributed by atoms with Crippen molar-refractivity contribution in [3.05, 3.63) is 30.1 Å². The third-order valence-electron chi connectivity index (χ3n) is 4.32. The van der Waals surface area contributed by atoms with Gasteiger partial charge in [-0.2, -0.15) is 0 Å². The first-order valence-corrected chi connectivity index (χ1v) is 7.45. The van der Waals surface area contributed by atoms with E-state index < -0.39 is 0 Å². The maximum Gasteiger partial charge on any atom is 0.146 e. The summed E-state index contributed by atoms with van der Waals surface area (Å²) in [6, 6.07) is 6.80. The number of nitrogens with zero attached hydrogens (tertiary/aromatic N) is 1. The number of hydrogen-bond donors (Lipinski definition) is 0. The Labute approximate surface area is 121 Å². The number of para-hydroxylation sites is 1. The van der Waals surface area contributed by atoms with E-state index in [9.17, 15) is 9.18 Å². The van der Waals surface area contributed by atoms with Gasteiger partial charge in [-0.1, -0.05) is 26.0 Å². The molecular formula is C17H24FNO. The molecule has 0 N–H and O–H groups in total. The summed E-state index contributed by atoms with van der Waals surface area (Å²) < 4.78 is 13.9. The molecule has 1 unspecified atom stereocenters. The van der Waals surface area contributed by atoms with Crippen LogP contribution in [0, 0.1) is 17.2 Å². The number of ketones is 1. The second-order valence-electron chi connectivity index (χ2n) is 6.52. The molecule has 1 aliphatic carbocycles. The molecule has 0 saturated heterocycles. The molecule has 1 aromatic carbocycles. The molecular weight excluding hydrogens is 253 g/mol. The van der Waals surface area contributed by atoms with Gasteiger partial charge in [-0.15, -0.1) is 0 Å². The highest BCUT2D eigenvalue weighted by atomic mass is 19.1. The number of benzene rings is 1. The number of carbonyl (C=O) groups excluding carboxylic acids is 1. The Kier molecular flexibility index (Phi) is 4.46. The first-order chi connectivity index (χ1) is 9.43. The van der Waals surface area contributed by atoms with Gasteiger partial charge in [-0.25, -0.2) is 4.39 Å². The van der Waals surface area contributed by atoms with Crippen molar-refractivity contribution in [2.75, 3.05) is 18.0 Å². The highest BCUT2D eigenvalue weighted by Crippen LogP contribution is 2.37. The summed E-state index contributed by atoms with van der Waals surface area (Å²) in [4.78, 5) is 14.1. The van der Waals surface area contributed by atoms with Crippen LogP contribution in [0.4, 0.5) is 10.1 Å². The maximum atomic E-state index is 13.9. The average molecular weight is 277 g/mol. The fourth-order valence-electron chi connectivity index (χ4n) is 3.09. The molecule has 0 bridgehead atoms. The van der Waals surface area contributed by atoms with E-state index in [1.807, 2.05) is 17.9 Å². The normalized spacial score (nSPS) is 21.8. The van der Waals surface area contributed by atoms with Crippen LogP contribution in [0.2, 0.25) is 0 Å². The van der Waals surface area contributed by atoms with Crippen LogP contribution in [-0.4, -0.2) is 18.9 Å². The van der Waals surface area contributed by atoms with E-state index >= 15 is 0 Å². The third-order valence-corrected chi connectivity index (χ3v) is 4.32. The first-order valence-electron chi connectivity index (χ1n) is 7.45. The number of hydrogen-bond acceptors (Lipinski definition) is 2. The minimum Gasteiger partial charge on any atom is -0.369 e. The summed E-state index contributed by atoms with van der Waals surface area (Å²) in [5.74, 6) is 0.147. The van der Waals surface area contributed by atoms with Crippen molar-refractivity contribution in [2.45, 2.75) is 40.0 Å². The van der Waals surface area contributed by atoms with Crippen molar-refractivity contribution >= 4 is 11.5 Å². The molecule has 1 atom stereocenters. The quantitative estimate of drug-likeness (QED) is 0.827. The summed E-state index contributed by atoms with van der Waals surface area (Å²) in [5, 5.41) is 0. The lowest BCUT2D eigenvalue weighted by Crippen LogP contribution is -2.39. The Hall–Kier alpha value is -1.38. The van der Waals surface area contributed by atoms with E-state index in [0.717, 1.165) is 12.8 Å². The fourth-order valence-corrected chi connectivity index (χ4v) is 3.09. The largest absolute Gasteiger partial charge is 0.369 e. The van der Waals surface area contributed by atoms with Crippen molar-refractivity contribution < 1.29 is 9.18 Å². The lowest BCUT2D eigenvalue weighted by molar-refractivity contribution is -0.126. The zero-order valence-corrected chi connectivity index (χ0v) is 12.7. The lowest BCUT2D eigenvalue weighted by Gasteiger charge is -2.37. The third kappa shape index (κ3) is 3.38. The summed E-state index contributed by atoms with van der Waals surface area (Å²) in [5.41, 5.74) is 0.818. The van der Waals surface area contributed by atoms with E-state index in [0.29, 0.717) is 31.0 Å². The van der Waals surface area contributed by atoms with E-state index in [-0.39, 0.29) is 17.2 Å². The second kappa shape index (κ2) is 5.94. The van der Waals surface area contributed by atoms with Gasteiger partial charge >= 0.3 is 0 Å². The predicted molar refractivity (Wildman–Crippen MR) is 80.4 cm³/mol. The van der Waals surface area contributed by atoms with Gasteiger partial charge in [-0.05, 0) is 37.3 Å². The molecule has 0 aliphatic heterocycles. The summed E-state index contributed by atoms with van der Waals surface area (Å²) >= 11 is 0. The molecule has 3 heteroatoms. The standard InChI is InChI=1S/C17H24FNO/c1-4-19(15-8-6-5-7-14(15)18)12-13-11-17(2,3)10-9-16(13)20/h5-8,13H,4,9-12H2,1-3H3. The Morgan fingerprint density at radius 3 is 2.70 bits per heavy atom. The highest BCUT2D eigenvalue weighted by Gasteiger charge is 2.34. The van der Waals surface area contributed by atoms with Crippen LogP contribution in [0.5, 0.6) is 0 Å². The molecule has 1 aromatic rings. The van der Waals surface area contributed by atoms with Crippen LogP contribution in [0.3, 0.4) is 0 Å². The van der Waals surface area contributed by atoms with Crippen LogP contribution < -0.4 is 4.90 Å². The number of rotatable bonds is 4. The zero-order valence-electron chi connectivity index (χ0n) is 12.7. The van der Waals surface area contributed by atoms with Crippen molar-refractivity contribution in [2.24, 2.45) is 11.3 Å². The lowest BCUT2D eigenvalue weighted by atomic mass is 9.71. The Morgan fingerprint density at radius 1 is 1.35 bits per heavy atom. The minimum atomic E-state index is -0.211. The molecule has 110 valence electrons. The van der Waals surface area contributed by atoms with Crippen LogP contribution in [-0.2, 0) is 4.79 Å². The van der Waals surface area contributed by atoms with Crippen molar-refractivity contribution in [1.82, 2.24) is 0 Å². The summed E-state index contributed by atoms with van der Waals surface area (Å²) in [6.45, 7) is 7.77. The molecule has 1 saturated carbocycles. The Balaban J connectivity index is 2.14. The van der Waals surface area contributed by atoms with Gasteiger partial charge in [0.25, 0.3) is 0 Å². The van der Waals surface area contributed by atoms with Crippen LogP contribution in [0.25, 0.3) is 0 Å². The van der Waals surface area contributed by atoms with Gasteiger partial charge in [0.2, 0.25) is 0 Å². The smallest absolute Gasteiger partial charge is 0.146 e. The molecule has 0 heterocycles. The molecule has 20 heavy (non-hydrogen) atoms. The van der Waals surface area contributed by atoms with Crippen molar-refractivity contribution in [3.63, 3.8) is 0 Å². The molecule has 0 radical (unpaired) electrons. The van der Waals surface area contributed by atoms with Crippen LogP contribution in [0.1, 0.15) is 40.0 Å². The number of carbonyl (C=O) groups is 1. The van der Waals surface area contributed by atoms with E-state index in [2.05, 4.69) is 13.8 Å². The number of Topliss-reactive ketones (excluding diaryl/α,β-unsaturated/α-hetero) is 1. The highest BCUT2D eigenvalue weighted by molar-refractivity contribution is 5.82. The van der Waals surface area contributed by atoms with Crippen LogP contribution in [0.15, 0.2) is 24.3 Å². The zero-order chi connectivity index (χ0) is 14.8. The Bertz CT molecular complexity index is 484. The number of anilines is 1. The molecule has 2 nitrogen and oxygen atoms in total. The molecule has 0 aromatic heterocycles. The molecule has 1 fully saturated rings. The molecule has 1 aliphatic rings. The topological polar surface area (TPSA) is 20.3 Å². The van der Waals surface area contributed by atoms with Crippen LogP contribution >= 0.6 is 0 Å². The van der Waals surface area contributed by atoms with E-state index in [1.54, 1.807) is 12.1 Å². The maximum absolute atomic E-state index is 13.9. The van der Waals surface area contributed by atoms with Gasteiger partial charge in [0.1, 0.15) is 11.6 Å². The molecule has 0 amide bonds. The van der Waals surface area contributed by atoms with E-state index in [4.69, 9.17) is 0 Å². The van der Waals surface area contributed by atoms with Gasteiger partial charge < -0.3 is 4.90 Å². The first kappa shape index (κ1) is 15.0. The SMILES string of the molecule is CCN(CC1CC(C)(C)CCC1=O)c1ccccc1F. The summed E-state index contributed by atoms with van der Waals surface area (Å²) in [7, 11) is 0. The van der Waals surface area contributed by atoms with Gasteiger partial charge in [0, 0.05) is 25.4 Å². The molecule has 2 rings (SSSR count). The monoisotopic (exact) mass is 277 g/mol. The van der Waals surface area contributed by atoms with Crippen molar-refractivity contribution in [3.8, 4) is 0 Å².